The zero-order chi connectivity index (χ0) is 15.6. The van der Waals surface area contributed by atoms with Crippen LogP contribution in [0.4, 0.5) is 11.6 Å². The molecule has 0 amide bonds. The highest BCUT2D eigenvalue weighted by molar-refractivity contribution is 7.91. The third-order valence-corrected chi connectivity index (χ3v) is 4.19. The number of sulfone groups is 1. The zero-order valence-electron chi connectivity index (χ0n) is 12.3. The molecule has 0 atom stereocenters. The van der Waals surface area contributed by atoms with E-state index in [1.54, 1.807) is 36.5 Å². The smallest absolute Gasteiger partial charge is 0.182 e. The first-order valence-electron chi connectivity index (χ1n) is 6.56. The third-order valence-electron chi connectivity index (χ3n) is 3.06. The summed E-state index contributed by atoms with van der Waals surface area (Å²) in [6.45, 7) is 2.70. The monoisotopic (exact) mass is 309 g/mol. The Morgan fingerprint density at radius 3 is 2.48 bits per heavy atom. The number of pyridine rings is 1. The fourth-order valence-corrected chi connectivity index (χ4v) is 3.13. The summed E-state index contributed by atoms with van der Waals surface area (Å²) < 4.78 is 25.5. The number of anilines is 2. The van der Waals surface area contributed by atoms with Crippen LogP contribution < -0.4 is 10.6 Å². The average Bonchev–Trinajstić information content (AvgIpc) is 2.77. The SMILES string of the molecule is CCCN(C)c1nn(-c2ccncc2)c(N)c1S(C)(=O)=O. The van der Waals surface area contributed by atoms with Crippen LogP contribution in [0.1, 0.15) is 13.3 Å². The van der Waals surface area contributed by atoms with E-state index in [2.05, 4.69) is 10.1 Å². The van der Waals surface area contributed by atoms with E-state index in [0.717, 1.165) is 12.7 Å². The lowest BCUT2D eigenvalue weighted by atomic mass is 10.4. The first-order valence-corrected chi connectivity index (χ1v) is 8.45. The van der Waals surface area contributed by atoms with Gasteiger partial charge >= 0.3 is 0 Å². The number of rotatable bonds is 5. The molecule has 0 bridgehead atoms. The van der Waals surface area contributed by atoms with E-state index in [-0.39, 0.29) is 10.7 Å². The molecule has 2 aromatic rings. The van der Waals surface area contributed by atoms with Crippen LogP contribution in [-0.4, -0.2) is 43.0 Å². The quantitative estimate of drug-likeness (QED) is 0.889. The molecule has 0 aliphatic heterocycles. The maximum Gasteiger partial charge on any atom is 0.182 e. The second-order valence-corrected chi connectivity index (χ2v) is 6.80. The van der Waals surface area contributed by atoms with Crippen molar-refractivity contribution in [3.63, 3.8) is 0 Å². The van der Waals surface area contributed by atoms with Crippen LogP contribution in [0.3, 0.4) is 0 Å². The van der Waals surface area contributed by atoms with E-state index in [1.807, 2.05) is 6.92 Å². The molecule has 8 heteroatoms. The van der Waals surface area contributed by atoms with Gasteiger partial charge in [-0.2, -0.15) is 0 Å². The minimum Gasteiger partial charge on any atom is -0.382 e. The molecule has 7 nitrogen and oxygen atoms in total. The van der Waals surface area contributed by atoms with Crippen LogP contribution in [-0.2, 0) is 9.84 Å². The molecule has 2 N–H and O–H groups in total. The lowest BCUT2D eigenvalue weighted by Crippen LogP contribution is -2.20. The number of hydrogen-bond acceptors (Lipinski definition) is 6. The lowest BCUT2D eigenvalue weighted by molar-refractivity contribution is 0.602. The highest BCUT2D eigenvalue weighted by Crippen LogP contribution is 2.31. The molecule has 0 spiro atoms. The van der Waals surface area contributed by atoms with Gasteiger partial charge in [-0.15, -0.1) is 5.10 Å². The van der Waals surface area contributed by atoms with Crippen molar-refractivity contribution in [2.75, 3.05) is 30.5 Å². The predicted octanol–water partition coefficient (Wildman–Crippen LogP) is 1.10. The van der Waals surface area contributed by atoms with Crippen molar-refractivity contribution in [3.05, 3.63) is 24.5 Å². The van der Waals surface area contributed by atoms with E-state index in [0.29, 0.717) is 18.1 Å². The van der Waals surface area contributed by atoms with Crippen molar-refractivity contribution in [3.8, 4) is 5.69 Å². The van der Waals surface area contributed by atoms with Crippen molar-refractivity contribution in [2.45, 2.75) is 18.2 Å². The zero-order valence-corrected chi connectivity index (χ0v) is 13.1. The summed E-state index contributed by atoms with van der Waals surface area (Å²) in [5, 5.41) is 4.38. The van der Waals surface area contributed by atoms with Crippen molar-refractivity contribution >= 4 is 21.5 Å². The molecular weight excluding hydrogens is 290 g/mol. The molecule has 2 rings (SSSR count). The number of hydrogen-bond donors (Lipinski definition) is 1. The van der Waals surface area contributed by atoms with Crippen LogP contribution >= 0.6 is 0 Å². The minimum atomic E-state index is -3.48. The van der Waals surface area contributed by atoms with Gasteiger partial charge in [-0.25, -0.2) is 13.1 Å². The molecule has 2 heterocycles. The minimum absolute atomic E-state index is 0.0651. The molecule has 0 aliphatic rings. The summed E-state index contributed by atoms with van der Waals surface area (Å²) in [4.78, 5) is 5.79. The van der Waals surface area contributed by atoms with Crippen molar-refractivity contribution in [1.82, 2.24) is 14.8 Å². The Balaban J connectivity index is 2.66. The van der Waals surface area contributed by atoms with Gasteiger partial charge in [0.1, 0.15) is 5.82 Å². The van der Waals surface area contributed by atoms with Crippen molar-refractivity contribution in [1.29, 1.82) is 0 Å². The number of nitrogens with two attached hydrogens (primary N) is 1. The van der Waals surface area contributed by atoms with Crippen LogP contribution in [0.25, 0.3) is 5.69 Å². The van der Waals surface area contributed by atoms with Gasteiger partial charge in [0.15, 0.2) is 20.6 Å². The first kappa shape index (κ1) is 15.3. The molecule has 0 fully saturated rings. The summed E-state index contributed by atoms with van der Waals surface area (Å²) in [5.41, 5.74) is 6.70. The maximum absolute atomic E-state index is 12.1. The Morgan fingerprint density at radius 1 is 1.33 bits per heavy atom. The van der Waals surface area contributed by atoms with Crippen LogP contribution in [0, 0.1) is 0 Å². The molecule has 0 unspecified atom stereocenters. The molecule has 0 saturated heterocycles. The normalized spacial score (nSPS) is 11.6. The fraction of sp³-hybridized carbons (Fsp3) is 0.385. The standard InChI is InChI=1S/C13H19N5O2S/c1-4-9-17(2)13-11(21(3,19)20)12(14)18(16-13)10-5-7-15-8-6-10/h5-8H,4,9,14H2,1-3H3. The number of aromatic nitrogens is 3. The van der Waals surface area contributed by atoms with Gasteiger partial charge in [0.2, 0.25) is 0 Å². The molecule has 0 saturated carbocycles. The Kier molecular flexibility index (Phi) is 4.17. The summed E-state index contributed by atoms with van der Waals surface area (Å²) in [5.74, 6) is 0.482. The number of nitrogens with zero attached hydrogens (tertiary/aromatic N) is 4. The van der Waals surface area contributed by atoms with E-state index in [1.165, 1.54) is 4.68 Å². The second kappa shape index (κ2) is 5.72. The van der Waals surface area contributed by atoms with Crippen molar-refractivity contribution < 1.29 is 8.42 Å². The molecule has 0 aromatic carbocycles. The molecule has 0 radical (unpaired) electrons. The molecule has 2 aromatic heterocycles. The first-order chi connectivity index (χ1) is 9.86. The molecule has 0 aliphatic carbocycles. The fourth-order valence-electron chi connectivity index (χ4n) is 2.13. The highest BCUT2D eigenvalue weighted by Gasteiger charge is 2.26. The van der Waals surface area contributed by atoms with E-state index in [4.69, 9.17) is 5.73 Å². The van der Waals surface area contributed by atoms with Crippen molar-refractivity contribution in [2.24, 2.45) is 0 Å². The average molecular weight is 309 g/mol. The Morgan fingerprint density at radius 2 is 1.95 bits per heavy atom. The van der Waals surface area contributed by atoms with Crippen LogP contribution in [0.15, 0.2) is 29.4 Å². The third kappa shape index (κ3) is 2.99. The Labute approximate surface area is 124 Å². The topological polar surface area (TPSA) is 94.1 Å². The van der Waals surface area contributed by atoms with Gasteiger partial charge in [-0.3, -0.25) is 4.98 Å². The van der Waals surface area contributed by atoms with Gasteiger partial charge in [0.05, 0.1) is 5.69 Å². The van der Waals surface area contributed by atoms with E-state index in [9.17, 15) is 8.42 Å². The van der Waals surface area contributed by atoms with Gasteiger partial charge in [-0.05, 0) is 18.6 Å². The molecule has 114 valence electrons. The Hall–Kier alpha value is -2.09. The molecule has 21 heavy (non-hydrogen) atoms. The second-order valence-electron chi connectivity index (χ2n) is 4.85. The lowest BCUT2D eigenvalue weighted by Gasteiger charge is -2.16. The number of nitrogen functional groups attached to an aromatic ring is 1. The summed E-state index contributed by atoms with van der Waals surface area (Å²) in [7, 11) is -1.68. The highest BCUT2D eigenvalue weighted by atomic mass is 32.2. The Bertz CT molecular complexity index is 725. The van der Waals surface area contributed by atoms with Crippen LogP contribution in [0.2, 0.25) is 0 Å². The molecular formula is C13H19N5O2S. The summed E-state index contributed by atoms with van der Waals surface area (Å²) >= 11 is 0. The van der Waals surface area contributed by atoms with Gasteiger partial charge in [0, 0.05) is 32.2 Å². The summed E-state index contributed by atoms with van der Waals surface area (Å²) in [6, 6.07) is 3.44. The predicted molar refractivity (Wildman–Crippen MR) is 82.4 cm³/mol. The van der Waals surface area contributed by atoms with Crippen LogP contribution in [0.5, 0.6) is 0 Å². The maximum atomic E-state index is 12.1. The largest absolute Gasteiger partial charge is 0.382 e. The summed E-state index contributed by atoms with van der Waals surface area (Å²) in [6.07, 6.45) is 5.22. The van der Waals surface area contributed by atoms with Gasteiger partial charge in [-0.1, -0.05) is 6.92 Å². The van der Waals surface area contributed by atoms with Gasteiger partial charge in [0.25, 0.3) is 0 Å². The van der Waals surface area contributed by atoms with E-state index >= 15 is 0 Å². The van der Waals surface area contributed by atoms with Gasteiger partial charge < -0.3 is 10.6 Å². The van der Waals surface area contributed by atoms with E-state index < -0.39 is 9.84 Å².